The van der Waals surface area contributed by atoms with E-state index in [1.807, 2.05) is 36.4 Å². The van der Waals surface area contributed by atoms with Crippen molar-refractivity contribution in [3.05, 3.63) is 64.6 Å². The zero-order valence-electron chi connectivity index (χ0n) is 14.9. The van der Waals surface area contributed by atoms with Crippen molar-refractivity contribution < 1.29 is 4.74 Å². The van der Waals surface area contributed by atoms with Gasteiger partial charge in [-0.05, 0) is 84.2 Å². The molecule has 1 aliphatic heterocycles. The number of hydrogen-bond donors (Lipinski definition) is 0. The maximum Gasteiger partial charge on any atom is 0.141 e. The van der Waals surface area contributed by atoms with Crippen LogP contribution in [0.15, 0.2) is 59.1 Å². The quantitative estimate of drug-likeness (QED) is 0.567. The van der Waals surface area contributed by atoms with E-state index in [2.05, 4.69) is 46.0 Å². The van der Waals surface area contributed by atoms with Crippen molar-refractivity contribution in [2.24, 2.45) is 0 Å². The highest BCUT2D eigenvalue weighted by atomic mass is 79.9. The Hall–Kier alpha value is -1.58. The summed E-state index contributed by atoms with van der Waals surface area (Å²) in [4.78, 5) is 2.57. The molecule has 2 aromatic rings. The van der Waals surface area contributed by atoms with E-state index >= 15 is 0 Å². The smallest absolute Gasteiger partial charge is 0.141 e. The van der Waals surface area contributed by atoms with Gasteiger partial charge in [-0.3, -0.25) is 4.90 Å². The average Bonchev–Trinajstić information content (AvgIpc) is 2.91. The molecule has 0 spiro atoms. The fourth-order valence-electron chi connectivity index (χ4n) is 3.14. The van der Waals surface area contributed by atoms with Crippen LogP contribution in [0.5, 0.6) is 11.5 Å². The third kappa shape index (κ3) is 5.45. The molecule has 0 amide bonds. The highest BCUT2D eigenvalue weighted by molar-refractivity contribution is 9.10. The summed E-state index contributed by atoms with van der Waals surface area (Å²) in [5.41, 5.74) is 2.59. The molecule has 1 saturated heterocycles. The molecule has 1 fully saturated rings. The zero-order valence-corrected chi connectivity index (χ0v) is 16.5. The van der Waals surface area contributed by atoms with Gasteiger partial charge in [0.1, 0.15) is 11.5 Å². The molecule has 0 radical (unpaired) electrons. The van der Waals surface area contributed by atoms with Gasteiger partial charge in [0.05, 0.1) is 4.47 Å². The second-order valence-corrected chi connectivity index (χ2v) is 7.51. The van der Waals surface area contributed by atoms with E-state index in [0.717, 1.165) is 22.5 Å². The molecule has 2 aromatic carbocycles. The Morgan fingerprint density at radius 1 is 1.00 bits per heavy atom. The molecule has 132 valence electrons. The summed E-state index contributed by atoms with van der Waals surface area (Å²) in [6.45, 7) is 5.73. The Kier molecular flexibility index (Phi) is 6.71. The van der Waals surface area contributed by atoms with Gasteiger partial charge < -0.3 is 4.74 Å². The summed E-state index contributed by atoms with van der Waals surface area (Å²) in [6.07, 6.45) is 7.81. The molecule has 1 aliphatic rings. The van der Waals surface area contributed by atoms with Crippen LogP contribution in [0.4, 0.5) is 0 Å². The standard InChI is InChI=1S/C22H26BrNO/c1-18(14-17-24-15-6-2-3-7-16-24)19-10-12-20(13-11-19)25-22-9-5-4-8-21(22)23/h4-5,8-14H,2-3,6-7,15-17H2,1H3. The minimum Gasteiger partial charge on any atom is -0.456 e. The SMILES string of the molecule is CC(=CCN1CCCCCC1)c1ccc(Oc2ccccc2Br)cc1. The van der Waals surface area contributed by atoms with Gasteiger partial charge in [-0.25, -0.2) is 0 Å². The van der Waals surface area contributed by atoms with Gasteiger partial charge in [-0.2, -0.15) is 0 Å². The number of allylic oxidation sites excluding steroid dienone is 1. The number of ether oxygens (including phenoxy) is 1. The lowest BCUT2D eigenvalue weighted by molar-refractivity contribution is 0.316. The van der Waals surface area contributed by atoms with Crippen LogP contribution in [0.3, 0.4) is 0 Å². The Morgan fingerprint density at radius 2 is 1.68 bits per heavy atom. The Morgan fingerprint density at radius 3 is 2.36 bits per heavy atom. The third-order valence-corrected chi connectivity index (χ3v) is 5.38. The largest absolute Gasteiger partial charge is 0.456 e. The monoisotopic (exact) mass is 399 g/mol. The van der Waals surface area contributed by atoms with Crippen molar-refractivity contribution in [3.8, 4) is 11.5 Å². The lowest BCUT2D eigenvalue weighted by atomic mass is 10.1. The van der Waals surface area contributed by atoms with Gasteiger partial charge in [-0.15, -0.1) is 0 Å². The van der Waals surface area contributed by atoms with Gasteiger partial charge in [0.2, 0.25) is 0 Å². The number of nitrogens with zero attached hydrogens (tertiary/aromatic N) is 1. The van der Waals surface area contributed by atoms with Crippen LogP contribution in [-0.4, -0.2) is 24.5 Å². The minimum absolute atomic E-state index is 0.837. The van der Waals surface area contributed by atoms with Gasteiger partial charge >= 0.3 is 0 Å². The van der Waals surface area contributed by atoms with E-state index in [1.165, 1.54) is 49.9 Å². The van der Waals surface area contributed by atoms with Crippen molar-refractivity contribution in [1.82, 2.24) is 4.90 Å². The van der Waals surface area contributed by atoms with Crippen molar-refractivity contribution in [2.75, 3.05) is 19.6 Å². The second-order valence-electron chi connectivity index (χ2n) is 6.66. The molecule has 0 saturated carbocycles. The summed E-state index contributed by atoms with van der Waals surface area (Å²) in [5.74, 6) is 1.69. The Bertz CT molecular complexity index is 700. The molecular weight excluding hydrogens is 374 g/mol. The van der Waals surface area contributed by atoms with E-state index < -0.39 is 0 Å². The van der Waals surface area contributed by atoms with Crippen LogP contribution in [0, 0.1) is 0 Å². The molecule has 0 aliphatic carbocycles. The van der Waals surface area contributed by atoms with Gasteiger partial charge in [0.25, 0.3) is 0 Å². The molecule has 1 heterocycles. The van der Waals surface area contributed by atoms with E-state index in [-0.39, 0.29) is 0 Å². The van der Waals surface area contributed by atoms with Crippen molar-refractivity contribution >= 4 is 21.5 Å². The number of likely N-dealkylation sites (tertiary alicyclic amines) is 1. The molecule has 2 nitrogen and oxygen atoms in total. The number of hydrogen-bond acceptors (Lipinski definition) is 2. The molecule has 25 heavy (non-hydrogen) atoms. The van der Waals surface area contributed by atoms with E-state index in [1.54, 1.807) is 0 Å². The van der Waals surface area contributed by atoms with Crippen LogP contribution >= 0.6 is 15.9 Å². The third-order valence-electron chi connectivity index (χ3n) is 4.73. The highest BCUT2D eigenvalue weighted by Crippen LogP contribution is 2.29. The Balaban J connectivity index is 1.61. The van der Waals surface area contributed by atoms with E-state index in [9.17, 15) is 0 Å². The van der Waals surface area contributed by atoms with Gasteiger partial charge in [0.15, 0.2) is 0 Å². The predicted octanol–water partition coefficient (Wildman–Crippen LogP) is 6.52. The van der Waals surface area contributed by atoms with E-state index in [0.29, 0.717) is 0 Å². The van der Waals surface area contributed by atoms with Crippen molar-refractivity contribution in [1.29, 1.82) is 0 Å². The summed E-state index contributed by atoms with van der Waals surface area (Å²) in [5, 5.41) is 0. The summed E-state index contributed by atoms with van der Waals surface area (Å²) in [6, 6.07) is 16.3. The predicted molar refractivity (Wildman–Crippen MR) is 109 cm³/mol. The molecule has 0 atom stereocenters. The molecular formula is C22H26BrNO. The van der Waals surface area contributed by atoms with Gasteiger partial charge in [-0.1, -0.05) is 43.2 Å². The molecule has 0 unspecified atom stereocenters. The average molecular weight is 400 g/mol. The lowest BCUT2D eigenvalue weighted by Gasteiger charge is -2.18. The van der Waals surface area contributed by atoms with Crippen LogP contribution in [0.2, 0.25) is 0 Å². The molecule has 0 aromatic heterocycles. The van der Waals surface area contributed by atoms with E-state index in [4.69, 9.17) is 4.74 Å². The van der Waals surface area contributed by atoms with Crippen molar-refractivity contribution in [3.63, 3.8) is 0 Å². The number of halogens is 1. The maximum absolute atomic E-state index is 5.94. The van der Waals surface area contributed by atoms with Crippen LogP contribution in [0.1, 0.15) is 38.2 Å². The fourth-order valence-corrected chi connectivity index (χ4v) is 3.51. The van der Waals surface area contributed by atoms with Gasteiger partial charge in [0, 0.05) is 6.54 Å². The first-order valence-electron chi connectivity index (χ1n) is 9.14. The lowest BCUT2D eigenvalue weighted by Crippen LogP contribution is -2.24. The summed E-state index contributed by atoms with van der Waals surface area (Å²) < 4.78 is 6.90. The first kappa shape index (κ1) is 18.2. The summed E-state index contributed by atoms with van der Waals surface area (Å²) >= 11 is 3.52. The first-order valence-corrected chi connectivity index (χ1v) is 9.93. The topological polar surface area (TPSA) is 12.5 Å². The molecule has 0 N–H and O–H groups in total. The van der Waals surface area contributed by atoms with Crippen LogP contribution in [0.25, 0.3) is 5.57 Å². The fraction of sp³-hybridized carbons (Fsp3) is 0.364. The second kappa shape index (κ2) is 9.21. The minimum atomic E-state index is 0.837. The summed E-state index contributed by atoms with van der Waals surface area (Å²) in [7, 11) is 0. The molecule has 3 rings (SSSR count). The molecule has 0 bridgehead atoms. The van der Waals surface area contributed by atoms with Crippen LogP contribution < -0.4 is 4.74 Å². The first-order chi connectivity index (χ1) is 12.2. The normalized spacial score (nSPS) is 16.5. The number of benzene rings is 2. The number of rotatable bonds is 5. The molecule has 3 heteroatoms. The maximum atomic E-state index is 5.94. The number of para-hydroxylation sites is 1. The van der Waals surface area contributed by atoms with Crippen molar-refractivity contribution in [2.45, 2.75) is 32.6 Å². The highest BCUT2D eigenvalue weighted by Gasteiger charge is 2.07. The van der Waals surface area contributed by atoms with Crippen LogP contribution in [-0.2, 0) is 0 Å². The Labute approximate surface area is 159 Å². The zero-order chi connectivity index (χ0) is 17.5.